The Hall–Kier alpha value is -2.33. The molecule has 1 N–H and O–H groups in total. The molecule has 0 aliphatic carbocycles. The van der Waals surface area contributed by atoms with E-state index in [9.17, 15) is 4.79 Å². The zero-order valence-electron chi connectivity index (χ0n) is 14.5. The zero-order chi connectivity index (χ0) is 17.2. The summed E-state index contributed by atoms with van der Waals surface area (Å²) in [5, 5.41) is 2.89. The molecule has 0 fully saturated rings. The predicted octanol–water partition coefficient (Wildman–Crippen LogP) is 3.01. The maximum Gasteiger partial charge on any atom is 0.257 e. The second-order valence-corrected chi connectivity index (χ2v) is 6.03. The second kappa shape index (κ2) is 9.73. The molecule has 24 heavy (non-hydrogen) atoms. The molecule has 0 saturated heterocycles. The molecule has 0 aromatic heterocycles. The van der Waals surface area contributed by atoms with Crippen LogP contribution in [-0.2, 0) is 11.3 Å². The molecule has 0 aliphatic rings. The molecule has 0 atom stereocenters. The van der Waals surface area contributed by atoms with Crippen molar-refractivity contribution in [1.82, 2.24) is 10.2 Å². The first-order chi connectivity index (χ1) is 11.6. The summed E-state index contributed by atoms with van der Waals surface area (Å²) < 4.78 is 5.46. The van der Waals surface area contributed by atoms with Crippen LogP contribution in [0.15, 0.2) is 54.6 Å². The number of nitrogens with zero attached hydrogens (tertiary/aromatic N) is 1. The molecule has 0 bridgehead atoms. The van der Waals surface area contributed by atoms with Gasteiger partial charge in [-0.2, -0.15) is 0 Å². The van der Waals surface area contributed by atoms with Crippen LogP contribution in [0.1, 0.15) is 17.5 Å². The molecule has 1 amide bonds. The lowest BCUT2D eigenvalue weighted by atomic mass is 10.2. The van der Waals surface area contributed by atoms with Crippen molar-refractivity contribution in [2.45, 2.75) is 19.9 Å². The van der Waals surface area contributed by atoms with Crippen LogP contribution in [0.4, 0.5) is 0 Å². The number of carbonyl (C=O) groups is 1. The van der Waals surface area contributed by atoms with Gasteiger partial charge in [0.1, 0.15) is 5.75 Å². The first-order valence-corrected chi connectivity index (χ1v) is 8.32. The van der Waals surface area contributed by atoms with Gasteiger partial charge in [-0.25, -0.2) is 0 Å². The molecular weight excluding hydrogens is 300 g/mol. The average molecular weight is 326 g/mol. The van der Waals surface area contributed by atoms with Gasteiger partial charge in [-0.1, -0.05) is 48.0 Å². The highest BCUT2D eigenvalue weighted by Crippen LogP contribution is 2.10. The van der Waals surface area contributed by atoms with Crippen LogP contribution in [0.25, 0.3) is 0 Å². The number of aryl methyl sites for hydroxylation is 1. The number of nitrogens with one attached hydrogen (secondary N) is 1. The molecule has 0 heterocycles. The van der Waals surface area contributed by atoms with Crippen molar-refractivity contribution in [3.05, 3.63) is 65.7 Å². The molecule has 0 spiro atoms. The average Bonchev–Trinajstić information content (AvgIpc) is 2.59. The molecule has 0 saturated carbocycles. The van der Waals surface area contributed by atoms with E-state index in [0.29, 0.717) is 6.54 Å². The lowest BCUT2D eigenvalue weighted by Crippen LogP contribution is -2.31. The number of amides is 1. The standard InChI is InChI=1S/C20H26N2O2/c1-17-9-11-19(12-10-17)24-16-20(23)21-13-6-14-22(2)15-18-7-4-3-5-8-18/h3-5,7-12H,6,13-16H2,1-2H3,(H,21,23). The summed E-state index contributed by atoms with van der Waals surface area (Å²) in [6.07, 6.45) is 0.916. The molecule has 0 unspecified atom stereocenters. The van der Waals surface area contributed by atoms with Gasteiger partial charge in [-0.05, 0) is 44.6 Å². The Kier molecular flexibility index (Phi) is 7.30. The van der Waals surface area contributed by atoms with Crippen molar-refractivity contribution in [3.8, 4) is 5.75 Å². The van der Waals surface area contributed by atoms with E-state index in [1.54, 1.807) is 0 Å². The Balaban J connectivity index is 1.56. The minimum atomic E-state index is -0.0821. The maximum atomic E-state index is 11.8. The molecule has 2 aromatic carbocycles. The fraction of sp³-hybridized carbons (Fsp3) is 0.350. The SMILES string of the molecule is Cc1ccc(OCC(=O)NCCCN(C)Cc2ccccc2)cc1. The fourth-order valence-electron chi connectivity index (χ4n) is 2.39. The van der Waals surface area contributed by atoms with E-state index in [-0.39, 0.29) is 12.5 Å². The molecule has 0 radical (unpaired) electrons. The van der Waals surface area contributed by atoms with Crippen molar-refractivity contribution >= 4 is 5.91 Å². The minimum Gasteiger partial charge on any atom is -0.484 e. The molecule has 2 rings (SSSR count). The van der Waals surface area contributed by atoms with Gasteiger partial charge in [0.15, 0.2) is 6.61 Å². The molecular formula is C20H26N2O2. The van der Waals surface area contributed by atoms with E-state index in [1.807, 2.05) is 37.3 Å². The Morgan fingerprint density at radius 3 is 2.50 bits per heavy atom. The third-order valence-corrected chi connectivity index (χ3v) is 3.73. The van der Waals surface area contributed by atoms with Crippen LogP contribution < -0.4 is 10.1 Å². The third-order valence-electron chi connectivity index (χ3n) is 3.73. The quantitative estimate of drug-likeness (QED) is 0.720. The highest BCUT2D eigenvalue weighted by Gasteiger charge is 2.03. The van der Waals surface area contributed by atoms with Crippen molar-refractivity contribution < 1.29 is 9.53 Å². The first kappa shape index (κ1) is 18.0. The van der Waals surface area contributed by atoms with Gasteiger partial charge in [0, 0.05) is 13.1 Å². The summed E-state index contributed by atoms with van der Waals surface area (Å²) in [6, 6.07) is 18.1. The Morgan fingerprint density at radius 2 is 1.79 bits per heavy atom. The first-order valence-electron chi connectivity index (χ1n) is 8.32. The number of rotatable bonds is 9. The second-order valence-electron chi connectivity index (χ2n) is 6.03. The van der Waals surface area contributed by atoms with Crippen LogP contribution in [0.5, 0.6) is 5.75 Å². The molecule has 128 valence electrons. The monoisotopic (exact) mass is 326 g/mol. The van der Waals surface area contributed by atoms with Gasteiger partial charge in [0.2, 0.25) is 0 Å². The van der Waals surface area contributed by atoms with Gasteiger partial charge >= 0.3 is 0 Å². The van der Waals surface area contributed by atoms with Crippen molar-refractivity contribution in [2.24, 2.45) is 0 Å². The van der Waals surface area contributed by atoms with Crippen molar-refractivity contribution in [3.63, 3.8) is 0 Å². The molecule has 0 aliphatic heterocycles. The number of benzene rings is 2. The highest BCUT2D eigenvalue weighted by molar-refractivity contribution is 5.77. The Morgan fingerprint density at radius 1 is 1.08 bits per heavy atom. The van der Waals surface area contributed by atoms with E-state index in [0.717, 1.165) is 25.3 Å². The summed E-state index contributed by atoms with van der Waals surface area (Å²) in [5.41, 5.74) is 2.47. The van der Waals surface area contributed by atoms with Crippen LogP contribution >= 0.6 is 0 Å². The Labute approximate surface area is 144 Å². The lowest BCUT2D eigenvalue weighted by Gasteiger charge is -2.16. The fourth-order valence-corrected chi connectivity index (χ4v) is 2.39. The van der Waals surface area contributed by atoms with E-state index in [4.69, 9.17) is 4.74 Å². The summed E-state index contributed by atoms with van der Waals surface area (Å²) >= 11 is 0. The molecule has 4 nitrogen and oxygen atoms in total. The normalized spacial score (nSPS) is 10.6. The van der Waals surface area contributed by atoms with Crippen LogP contribution in [0.3, 0.4) is 0 Å². The number of hydrogen-bond donors (Lipinski definition) is 1. The number of hydrogen-bond acceptors (Lipinski definition) is 3. The maximum absolute atomic E-state index is 11.8. The van der Waals surface area contributed by atoms with Gasteiger partial charge in [-0.3, -0.25) is 4.79 Å². The van der Waals surface area contributed by atoms with E-state index < -0.39 is 0 Å². The lowest BCUT2D eigenvalue weighted by molar-refractivity contribution is -0.123. The Bertz CT molecular complexity index is 611. The van der Waals surface area contributed by atoms with Crippen LogP contribution in [0, 0.1) is 6.92 Å². The number of ether oxygens (including phenoxy) is 1. The van der Waals surface area contributed by atoms with Gasteiger partial charge in [-0.15, -0.1) is 0 Å². The third kappa shape index (κ3) is 6.84. The molecule has 4 heteroatoms. The zero-order valence-corrected chi connectivity index (χ0v) is 14.5. The van der Waals surface area contributed by atoms with Gasteiger partial charge in [0.05, 0.1) is 0 Å². The van der Waals surface area contributed by atoms with E-state index in [1.165, 1.54) is 11.1 Å². The largest absolute Gasteiger partial charge is 0.484 e. The van der Waals surface area contributed by atoms with Crippen molar-refractivity contribution in [2.75, 3.05) is 26.7 Å². The van der Waals surface area contributed by atoms with E-state index >= 15 is 0 Å². The summed E-state index contributed by atoms with van der Waals surface area (Å²) in [5.74, 6) is 0.639. The smallest absolute Gasteiger partial charge is 0.257 e. The predicted molar refractivity (Wildman–Crippen MR) is 97.1 cm³/mol. The summed E-state index contributed by atoms with van der Waals surface area (Å²) in [4.78, 5) is 14.0. The van der Waals surface area contributed by atoms with Gasteiger partial charge in [0.25, 0.3) is 5.91 Å². The van der Waals surface area contributed by atoms with Gasteiger partial charge < -0.3 is 15.0 Å². The summed E-state index contributed by atoms with van der Waals surface area (Å²) in [6.45, 7) is 4.60. The van der Waals surface area contributed by atoms with Crippen LogP contribution in [0.2, 0.25) is 0 Å². The summed E-state index contributed by atoms with van der Waals surface area (Å²) in [7, 11) is 2.09. The number of carbonyl (C=O) groups excluding carboxylic acids is 1. The van der Waals surface area contributed by atoms with Crippen molar-refractivity contribution in [1.29, 1.82) is 0 Å². The van der Waals surface area contributed by atoms with Crippen LogP contribution in [-0.4, -0.2) is 37.6 Å². The van der Waals surface area contributed by atoms with E-state index in [2.05, 4.69) is 41.5 Å². The topological polar surface area (TPSA) is 41.6 Å². The minimum absolute atomic E-state index is 0.0584. The molecule has 2 aromatic rings. The highest BCUT2D eigenvalue weighted by atomic mass is 16.5.